The van der Waals surface area contributed by atoms with Gasteiger partial charge in [0.1, 0.15) is 10.9 Å². The average molecular weight is 197 g/mol. The minimum Gasteiger partial charge on any atom is -0.481 e. The Hall–Kier alpha value is -0.900. The van der Waals surface area contributed by atoms with Gasteiger partial charge >= 0.3 is 5.97 Å². The molecule has 2 rings (SSSR count). The fourth-order valence-corrected chi connectivity index (χ4v) is 2.12. The van der Waals surface area contributed by atoms with Gasteiger partial charge in [0.15, 0.2) is 0 Å². The second kappa shape index (κ2) is 3.10. The third-order valence-corrected chi connectivity index (χ3v) is 3.32. The first-order valence-electron chi connectivity index (χ1n) is 4.36. The van der Waals surface area contributed by atoms with Crippen LogP contribution >= 0.6 is 11.3 Å². The van der Waals surface area contributed by atoms with Gasteiger partial charge in [-0.25, -0.2) is 4.98 Å². The summed E-state index contributed by atoms with van der Waals surface area (Å²) < 4.78 is 0. The number of carboxylic acids is 1. The second-order valence-corrected chi connectivity index (χ2v) is 4.33. The van der Waals surface area contributed by atoms with E-state index in [-0.39, 0.29) is 0 Å². The van der Waals surface area contributed by atoms with E-state index in [9.17, 15) is 4.79 Å². The predicted octanol–water partition coefficient (Wildman–Crippen LogP) is 2.21. The molecule has 1 N–H and O–H groups in total. The Bertz CT molecular complexity index is 330. The lowest BCUT2D eigenvalue weighted by molar-refractivity contribution is -0.138. The van der Waals surface area contributed by atoms with Crippen LogP contribution in [0.25, 0.3) is 0 Å². The highest BCUT2D eigenvalue weighted by molar-refractivity contribution is 7.09. The van der Waals surface area contributed by atoms with E-state index in [0.29, 0.717) is 5.92 Å². The Morgan fingerprint density at radius 1 is 1.77 bits per heavy atom. The van der Waals surface area contributed by atoms with E-state index in [2.05, 4.69) is 4.98 Å². The lowest BCUT2D eigenvalue weighted by atomic mass is 10.2. The van der Waals surface area contributed by atoms with E-state index >= 15 is 0 Å². The van der Waals surface area contributed by atoms with Crippen LogP contribution in [-0.4, -0.2) is 16.1 Å². The predicted molar refractivity (Wildman–Crippen MR) is 50.1 cm³/mol. The number of carbonyl (C=O) groups is 1. The fraction of sp³-hybridized carbons (Fsp3) is 0.556. The quantitative estimate of drug-likeness (QED) is 0.808. The Morgan fingerprint density at radius 2 is 2.46 bits per heavy atom. The lowest BCUT2D eigenvalue weighted by Crippen LogP contribution is -2.06. The number of aromatic nitrogens is 1. The number of nitrogens with zero attached hydrogens (tertiary/aromatic N) is 1. The molecule has 0 bridgehead atoms. The number of aliphatic carboxylic acids is 1. The summed E-state index contributed by atoms with van der Waals surface area (Å²) in [5, 5.41) is 11.5. The molecule has 1 heterocycles. The highest BCUT2D eigenvalue weighted by Crippen LogP contribution is 2.40. The van der Waals surface area contributed by atoms with Gasteiger partial charge in [0.05, 0.1) is 5.69 Å². The number of thiazole rings is 1. The van der Waals surface area contributed by atoms with Gasteiger partial charge in [-0.2, -0.15) is 0 Å². The van der Waals surface area contributed by atoms with Crippen molar-refractivity contribution in [2.45, 2.75) is 31.6 Å². The summed E-state index contributed by atoms with van der Waals surface area (Å²) in [7, 11) is 0. The topological polar surface area (TPSA) is 50.2 Å². The van der Waals surface area contributed by atoms with Crippen molar-refractivity contribution >= 4 is 17.3 Å². The van der Waals surface area contributed by atoms with Gasteiger partial charge in [-0.3, -0.25) is 4.79 Å². The van der Waals surface area contributed by atoms with Crippen molar-refractivity contribution in [1.82, 2.24) is 4.98 Å². The minimum atomic E-state index is -0.795. The molecule has 13 heavy (non-hydrogen) atoms. The Kier molecular flexibility index (Phi) is 2.07. The van der Waals surface area contributed by atoms with Gasteiger partial charge in [-0.15, -0.1) is 11.3 Å². The van der Waals surface area contributed by atoms with Gasteiger partial charge < -0.3 is 5.11 Å². The molecule has 0 spiro atoms. The summed E-state index contributed by atoms with van der Waals surface area (Å²) in [6.45, 7) is 1.68. The first-order valence-corrected chi connectivity index (χ1v) is 5.24. The van der Waals surface area contributed by atoms with E-state index in [0.717, 1.165) is 10.7 Å². The minimum absolute atomic E-state index is 0.461. The van der Waals surface area contributed by atoms with Crippen LogP contribution in [0.1, 0.15) is 42.3 Å². The van der Waals surface area contributed by atoms with E-state index in [1.807, 2.05) is 5.38 Å². The highest BCUT2D eigenvalue weighted by Gasteiger charge is 2.27. The molecular formula is C9H11NO2S. The van der Waals surface area contributed by atoms with Gasteiger partial charge in [0, 0.05) is 11.3 Å². The largest absolute Gasteiger partial charge is 0.481 e. The van der Waals surface area contributed by atoms with Crippen LogP contribution < -0.4 is 0 Å². The van der Waals surface area contributed by atoms with Crippen LogP contribution in [0.5, 0.6) is 0 Å². The van der Waals surface area contributed by atoms with Gasteiger partial charge in [-0.1, -0.05) is 0 Å². The molecule has 1 saturated carbocycles. The van der Waals surface area contributed by atoms with Crippen LogP contribution in [0.15, 0.2) is 5.38 Å². The maximum absolute atomic E-state index is 10.7. The van der Waals surface area contributed by atoms with E-state index in [4.69, 9.17) is 5.11 Å². The molecule has 0 aromatic carbocycles. The number of rotatable bonds is 3. The molecule has 1 aliphatic carbocycles. The lowest BCUT2D eigenvalue weighted by Gasteiger charge is -1.99. The smallest absolute Gasteiger partial charge is 0.313 e. The maximum atomic E-state index is 10.7. The first kappa shape index (κ1) is 8.69. The average Bonchev–Trinajstić information content (AvgIpc) is 2.83. The molecule has 1 aromatic rings. The first-order chi connectivity index (χ1) is 6.18. The van der Waals surface area contributed by atoms with E-state index in [1.165, 1.54) is 24.2 Å². The third kappa shape index (κ3) is 1.72. The van der Waals surface area contributed by atoms with Crippen molar-refractivity contribution < 1.29 is 9.90 Å². The van der Waals surface area contributed by atoms with Gasteiger partial charge in [-0.05, 0) is 19.8 Å². The molecule has 0 amide bonds. The van der Waals surface area contributed by atoms with Crippen LogP contribution in [-0.2, 0) is 4.79 Å². The molecule has 0 radical (unpaired) electrons. The van der Waals surface area contributed by atoms with Gasteiger partial charge in [0.2, 0.25) is 0 Å². The van der Waals surface area contributed by atoms with Crippen molar-refractivity contribution in [1.29, 1.82) is 0 Å². The standard InChI is InChI=1S/C9H11NO2S/c1-5(9(11)12)8-10-7(4-13-8)6-2-3-6/h4-6H,2-3H2,1H3,(H,11,12). The van der Waals surface area contributed by atoms with Crippen molar-refractivity contribution in [3.05, 3.63) is 16.1 Å². The van der Waals surface area contributed by atoms with Crippen LogP contribution in [0.2, 0.25) is 0 Å². The summed E-state index contributed by atoms with van der Waals surface area (Å²) in [5.41, 5.74) is 1.09. The Morgan fingerprint density at radius 3 is 3.00 bits per heavy atom. The summed E-state index contributed by atoms with van der Waals surface area (Å²) in [4.78, 5) is 15.0. The zero-order valence-electron chi connectivity index (χ0n) is 7.36. The van der Waals surface area contributed by atoms with Crippen LogP contribution in [0.3, 0.4) is 0 Å². The molecular weight excluding hydrogens is 186 g/mol. The van der Waals surface area contributed by atoms with Crippen LogP contribution in [0.4, 0.5) is 0 Å². The second-order valence-electron chi connectivity index (χ2n) is 3.44. The normalized spacial score (nSPS) is 18.5. The van der Waals surface area contributed by atoms with Crippen LogP contribution in [0, 0.1) is 0 Å². The molecule has 3 nitrogen and oxygen atoms in total. The van der Waals surface area contributed by atoms with Crippen molar-refractivity contribution in [3.8, 4) is 0 Å². The highest BCUT2D eigenvalue weighted by atomic mass is 32.1. The van der Waals surface area contributed by atoms with Gasteiger partial charge in [0.25, 0.3) is 0 Å². The zero-order valence-corrected chi connectivity index (χ0v) is 8.17. The summed E-state index contributed by atoms with van der Waals surface area (Å²) in [5.74, 6) is -0.639. The maximum Gasteiger partial charge on any atom is 0.313 e. The molecule has 1 aromatic heterocycles. The molecule has 70 valence electrons. The molecule has 4 heteroatoms. The van der Waals surface area contributed by atoms with E-state index in [1.54, 1.807) is 6.92 Å². The van der Waals surface area contributed by atoms with E-state index < -0.39 is 11.9 Å². The summed E-state index contributed by atoms with van der Waals surface area (Å²) >= 11 is 1.46. The monoisotopic (exact) mass is 197 g/mol. The molecule has 1 fully saturated rings. The van der Waals surface area contributed by atoms with Crippen molar-refractivity contribution in [2.24, 2.45) is 0 Å². The Labute approximate surface area is 80.4 Å². The SMILES string of the molecule is CC(C(=O)O)c1nc(C2CC2)cs1. The molecule has 1 atom stereocenters. The summed E-state index contributed by atoms with van der Waals surface area (Å²) in [6.07, 6.45) is 2.43. The molecule has 0 saturated heterocycles. The molecule has 0 aliphatic heterocycles. The molecule has 1 aliphatic rings. The summed E-state index contributed by atoms with van der Waals surface area (Å²) in [6, 6.07) is 0. The number of hydrogen-bond donors (Lipinski definition) is 1. The van der Waals surface area contributed by atoms with Crippen molar-refractivity contribution in [2.75, 3.05) is 0 Å². The Balaban J connectivity index is 2.16. The number of hydrogen-bond acceptors (Lipinski definition) is 3. The fourth-order valence-electron chi connectivity index (χ4n) is 1.17. The third-order valence-electron chi connectivity index (χ3n) is 2.28. The zero-order chi connectivity index (χ0) is 9.42. The molecule has 1 unspecified atom stereocenters. The number of carboxylic acid groups (broad SMARTS) is 1. The van der Waals surface area contributed by atoms with Crippen molar-refractivity contribution in [3.63, 3.8) is 0 Å².